The van der Waals surface area contributed by atoms with Crippen LogP contribution in [0.1, 0.15) is 11.5 Å². The van der Waals surface area contributed by atoms with E-state index in [1.54, 1.807) is 4.68 Å². The van der Waals surface area contributed by atoms with Crippen LogP contribution in [0.15, 0.2) is 0 Å². The van der Waals surface area contributed by atoms with Crippen LogP contribution in [0.4, 0.5) is 0 Å². The quantitative estimate of drug-likeness (QED) is 0.563. The fraction of sp³-hybridized carbons (Fsp3) is 0.429. The van der Waals surface area contributed by atoms with Gasteiger partial charge in [-0.3, -0.25) is 0 Å². The van der Waals surface area contributed by atoms with Gasteiger partial charge in [-0.05, 0) is 13.8 Å². The SMILES string of the molecule is Cc1nnc2c(n1)c(C)nn2C. The summed E-state index contributed by atoms with van der Waals surface area (Å²) < 4.78 is 1.68. The highest BCUT2D eigenvalue weighted by molar-refractivity contribution is 5.72. The molecular formula is C7H9N5. The molecule has 0 saturated heterocycles. The zero-order valence-electron chi connectivity index (χ0n) is 7.24. The van der Waals surface area contributed by atoms with E-state index in [9.17, 15) is 0 Å². The second-order valence-electron chi connectivity index (χ2n) is 2.74. The Morgan fingerprint density at radius 2 is 1.92 bits per heavy atom. The molecule has 0 radical (unpaired) electrons. The normalized spacial score (nSPS) is 10.9. The van der Waals surface area contributed by atoms with Crippen molar-refractivity contribution in [3.63, 3.8) is 0 Å². The van der Waals surface area contributed by atoms with E-state index >= 15 is 0 Å². The number of nitrogens with zero attached hydrogens (tertiary/aromatic N) is 5. The van der Waals surface area contributed by atoms with Crippen LogP contribution in [0.5, 0.6) is 0 Å². The molecule has 0 amide bonds. The maximum Gasteiger partial charge on any atom is 0.199 e. The first-order valence-corrected chi connectivity index (χ1v) is 3.69. The van der Waals surface area contributed by atoms with E-state index in [-0.39, 0.29) is 0 Å². The van der Waals surface area contributed by atoms with Gasteiger partial charge in [-0.15, -0.1) is 10.2 Å². The van der Waals surface area contributed by atoms with E-state index in [1.165, 1.54) is 0 Å². The van der Waals surface area contributed by atoms with Gasteiger partial charge in [-0.1, -0.05) is 0 Å². The molecule has 0 N–H and O–H groups in total. The monoisotopic (exact) mass is 163 g/mol. The van der Waals surface area contributed by atoms with Crippen LogP contribution in [-0.2, 0) is 7.05 Å². The number of fused-ring (bicyclic) bond motifs is 1. The molecule has 62 valence electrons. The Kier molecular flexibility index (Phi) is 1.33. The molecule has 0 atom stereocenters. The number of hydrogen-bond donors (Lipinski definition) is 0. The van der Waals surface area contributed by atoms with Crippen LogP contribution in [0.25, 0.3) is 11.2 Å². The van der Waals surface area contributed by atoms with E-state index in [0.29, 0.717) is 5.82 Å². The Labute approximate surface area is 69.4 Å². The summed E-state index contributed by atoms with van der Waals surface area (Å²) in [4.78, 5) is 4.24. The van der Waals surface area contributed by atoms with Gasteiger partial charge in [0.2, 0.25) is 0 Å². The molecule has 0 fully saturated rings. The first-order valence-electron chi connectivity index (χ1n) is 3.69. The molecule has 0 aliphatic carbocycles. The number of hydrogen-bond acceptors (Lipinski definition) is 4. The molecule has 0 aromatic carbocycles. The van der Waals surface area contributed by atoms with Crippen LogP contribution in [0.2, 0.25) is 0 Å². The molecule has 0 bridgehead atoms. The molecular weight excluding hydrogens is 154 g/mol. The lowest BCUT2D eigenvalue weighted by Crippen LogP contribution is -1.96. The topological polar surface area (TPSA) is 56.5 Å². The molecule has 0 unspecified atom stereocenters. The predicted molar refractivity (Wildman–Crippen MR) is 43.6 cm³/mol. The Hall–Kier alpha value is -1.52. The van der Waals surface area contributed by atoms with Gasteiger partial charge in [0, 0.05) is 7.05 Å². The van der Waals surface area contributed by atoms with Crippen molar-refractivity contribution in [2.75, 3.05) is 0 Å². The van der Waals surface area contributed by atoms with Crippen molar-refractivity contribution in [1.29, 1.82) is 0 Å². The number of rotatable bonds is 0. The Morgan fingerprint density at radius 3 is 2.67 bits per heavy atom. The maximum atomic E-state index is 4.24. The molecule has 5 nitrogen and oxygen atoms in total. The third kappa shape index (κ3) is 0.861. The second kappa shape index (κ2) is 2.23. The molecule has 0 saturated carbocycles. The molecule has 12 heavy (non-hydrogen) atoms. The van der Waals surface area contributed by atoms with E-state index in [1.807, 2.05) is 20.9 Å². The van der Waals surface area contributed by atoms with Crippen molar-refractivity contribution in [3.05, 3.63) is 11.5 Å². The lowest BCUT2D eigenvalue weighted by molar-refractivity contribution is 0.763. The van der Waals surface area contributed by atoms with Gasteiger partial charge in [-0.25, -0.2) is 9.67 Å². The average Bonchev–Trinajstić information content (AvgIpc) is 2.28. The minimum absolute atomic E-state index is 0.679. The van der Waals surface area contributed by atoms with Crippen molar-refractivity contribution < 1.29 is 0 Å². The summed E-state index contributed by atoms with van der Waals surface area (Å²) in [6.07, 6.45) is 0. The van der Waals surface area contributed by atoms with Gasteiger partial charge in [-0.2, -0.15) is 5.10 Å². The van der Waals surface area contributed by atoms with Crippen LogP contribution in [0, 0.1) is 13.8 Å². The van der Waals surface area contributed by atoms with Gasteiger partial charge < -0.3 is 0 Å². The van der Waals surface area contributed by atoms with Crippen LogP contribution in [0.3, 0.4) is 0 Å². The van der Waals surface area contributed by atoms with E-state index < -0.39 is 0 Å². The van der Waals surface area contributed by atoms with Gasteiger partial charge in [0.05, 0.1) is 5.69 Å². The van der Waals surface area contributed by atoms with Crippen molar-refractivity contribution in [2.45, 2.75) is 13.8 Å². The van der Waals surface area contributed by atoms with Gasteiger partial charge >= 0.3 is 0 Å². The molecule has 0 spiro atoms. The fourth-order valence-corrected chi connectivity index (χ4v) is 1.18. The van der Waals surface area contributed by atoms with Gasteiger partial charge in [0.1, 0.15) is 11.3 Å². The van der Waals surface area contributed by atoms with Crippen LogP contribution < -0.4 is 0 Å². The third-order valence-electron chi connectivity index (χ3n) is 1.72. The van der Waals surface area contributed by atoms with Crippen molar-refractivity contribution >= 4 is 11.2 Å². The molecule has 2 heterocycles. The van der Waals surface area contributed by atoms with Gasteiger partial charge in [0.25, 0.3) is 0 Å². The second-order valence-corrected chi connectivity index (χ2v) is 2.74. The van der Waals surface area contributed by atoms with Crippen LogP contribution >= 0.6 is 0 Å². The van der Waals surface area contributed by atoms with Crippen molar-refractivity contribution in [1.82, 2.24) is 25.0 Å². The molecule has 0 aliphatic rings. The summed E-state index contributed by atoms with van der Waals surface area (Å²) in [6, 6.07) is 0. The summed E-state index contributed by atoms with van der Waals surface area (Å²) in [5, 5.41) is 12.0. The highest BCUT2D eigenvalue weighted by Gasteiger charge is 2.07. The summed E-state index contributed by atoms with van der Waals surface area (Å²) in [6.45, 7) is 3.73. The summed E-state index contributed by atoms with van der Waals surface area (Å²) in [5.74, 6) is 0.679. The van der Waals surface area contributed by atoms with E-state index in [0.717, 1.165) is 16.9 Å². The lowest BCUT2D eigenvalue weighted by atomic mass is 10.4. The Bertz CT molecular complexity index is 431. The average molecular weight is 163 g/mol. The van der Waals surface area contributed by atoms with E-state index in [4.69, 9.17) is 0 Å². The summed E-state index contributed by atoms with van der Waals surface area (Å²) in [5.41, 5.74) is 2.47. The van der Waals surface area contributed by atoms with Crippen molar-refractivity contribution in [2.24, 2.45) is 7.05 Å². The molecule has 2 aromatic rings. The molecule has 0 aliphatic heterocycles. The van der Waals surface area contributed by atoms with Crippen molar-refractivity contribution in [3.8, 4) is 0 Å². The third-order valence-corrected chi connectivity index (χ3v) is 1.72. The number of aromatic nitrogens is 5. The first-order chi connectivity index (χ1) is 5.68. The predicted octanol–water partition coefficient (Wildman–Crippen LogP) is 0.375. The van der Waals surface area contributed by atoms with E-state index in [2.05, 4.69) is 20.3 Å². The Balaban J connectivity index is 2.90. The zero-order valence-corrected chi connectivity index (χ0v) is 7.24. The van der Waals surface area contributed by atoms with Crippen LogP contribution in [-0.4, -0.2) is 25.0 Å². The van der Waals surface area contributed by atoms with Gasteiger partial charge in [0.15, 0.2) is 5.65 Å². The Morgan fingerprint density at radius 1 is 1.17 bits per heavy atom. The molecule has 2 aromatic heterocycles. The summed E-state index contributed by atoms with van der Waals surface area (Å²) in [7, 11) is 1.83. The lowest BCUT2D eigenvalue weighted by Gasteiger charge is -1.91. The fourth-order valence-electron chi connectivity index (χ4n) is 1.18. The molecule has 2 rings (SSSR count). The first kappa shape index (κ1) is 7.15. The smallest absolute Gasteiger partial charge is 0.199 e. The minimum atomic E-state index is 0.679. The standard InChI is InChI=1S/C7H9N5/c1-4-6-7(12(3)11-4)10-9-5(2)8-6/h1-3H3. The zero-order chi connectivity index (χ0) is 8.72. The minimum Gasteiger partial charge on any atom is -0.247 e. The highest BCUT2D eigenvalue weighted by Crippen LogP contribution is 2.10. The number of aryl methyl sites for hydroxylation is 3. The largest absolute Gasteiger partial charge is 0.247 e. The highest BCUT2D eigenvalue weighted by atomic mass is 15.3. The maximum absolute atomic E-state index is 4.24. The summed E-state index contributed by atoms with van der Waals surface area (Å²) >= 11 is 0. The molecule has 5 heteroatoms.